The molecule has 0 saturated carbocycles. The van der Waals surface area contributed by atoms with Crippen LogP contribution in [-0.2, 0) is 19.1 Å². The minimum absolute atomic E-state index is 0.494. The largest absolute Gasteiger partial charge is 0.479 e. The van der Waals surface area contributed by atoms with E-state index in [4.69, 9.17) is 31.6 Å². The summed E-state index contributed by atoms with van der Waals surface area (Å²) in [5.74, 6) is -5.07. The molecule has 0 radical (unpaired) electrons. The van der Waals surface area contributed by atoms with Crippen LogP contribution >= 0.6 is 0 Å². The average molecular weight is 613 g/mol. The number of rotatable bonds is 7. The van der Waals surface area contributed by atoms with E-state index in [1.807, 2.05) is 0 Å². The lowest BCUT2D eigenvalue weighted by atomic mass is 9.99. The molecule has 2 fully saturated rings. The second kappa shape index (κ2) is 11.9. The van der Waals surface area contributed by atoms with Crippen LogP contribution in [0.1, 0.15) is 8.22 Å². The molecule has 8 N–H and O–H groups in total. The maximum Gasteiger partial charge on any atom is 0.335 e. The summed E-state index contributed by atoms with van der Waals surface area (Å²) in [5.41, 5.74) is -2.84. The van der Waals surface area contributed by atoms with Gasteiger partial charge in [0, 0.05) is 6.04 Å². The highest BCUT2D eigenvalue weighted by Crippen LogP contribution is 2.29. The molecule has 1 aromatic heterocycles. The maximum absolute atomic E-state index is 13.6. The van der Waals surface area contributed by atoms with Gasteiger partial charge in [0.15, 0.2) is 17.6 Å². The summed E-state index contributed by atoms with van der Waals surface area (Å²) in [6, 6.07) is -4.41. The van der Waals surface area contributed by atoms with Crippen molar-refractivity contribution in [3.63, 3.8) is 0 Å². The molecule has 16 nitrogen and oxygen atoms in total. The first-order chi connectivity index (χ1) is 22.9. The molecule has 2 aliphatic rings. The molecule has 230 valence electrons. The van der Waals surface area contributed by atoms with Gasteiger partial charge >= 0.3 is 11.9 Å². The van der Waals surface area contributed by atoms with Gasteiger partial charge in [-0.15, -0.1) is 0 Å². The molecule has 2 aromatic carbocycles. The van der Waals surface area contributed by atoms with Crippen LogP contribution in [0.4, 0.5) is 0 Å². The fourth-order valence-electron chi connectivity index (χ4n) is 4.25. The van der Waals surface area contributed by atoms with E-state index in [0.717, 1.165) is 6.07 Å². The van der Waals surface area contributed by atoms with E-state index in [2.05, 4.69) is 0 Å². The number of hydrogen-bond donors (Lipinski definition) is 8. The number of carboxylic acid groups (broad SMARTS) is 2. The zero-order chi connectivity index (χ0) is 36.4. The summed E-state index contributed by atoms with van der Waals surface area (Å²) in [4.78, 5) is 36.4. The second-order valence-corrected chi connectivity index (χ2v) is 9.37. The molecule has 3 aromatic rings. The van der Waals surface area contributed by atoms with Crippen LogP contribution < -0.4 is 14.9 Å². The van der Waals surface area contributed by atoms with Crippen molar-refractivity contribution in [1.82, 2.24) is 0 Å². The van der Waals surface area contributed by atoms with Gasteiger partial charge in [0.05, 0.1) is 19.2 Å². The fourth-order valence-corrected chi connectivity index (χ4v) is 4.25. The smallest absolute Gasteiger partial charge is 0.335 e. The van der Waals surface area contributed by atoms with Crippen molar-refractivity contribution in [2.45, 2.75) is 61.4 Å². The highest BCUT2D eigenvalue weighted by atomic mass is 16.7. The van der Waals surface area contributed by atoms with Crippen LogP contribution in [0.15, 0.2) is 57.8 Å². The summed E-state index contributed by atoms with van der Waals surface area (Å²) < 4.78 is 76.4. The highest BCUT2D eigenvalue weighted by molar-refractivity contribution is 5.82. The molecule has 10 atom stereocenters. The molecule has 2 saturated heterocycles. The first-order valence-electron chi connectivity index (χ1n) is 15.2. The molecular weight excluding hydrogens is 580 g/mol. The molecule has 0 amide bonds. The van der Waals surface area contributed by atoms with E-state index in [1.54, 1.807) is 0 Å². The minimum atomic E-state index is -2.10. The van der Waals surface area contributed by atoms with E-state index in [0.29, 0.717) is 6.26 Å². The fraction of sp³-hybridized carbons (Fsp3) is 0.370. The van der Waals surface area contributed by atoms with Crippen LogP contribution in [0.2, 0.25) is 0 Å². The van der Waals surface area contributed by atoms with E-state index in [-0.39, 0.29) is 0 Å². The third-order valence-electron chi connectivity index (χ3n) is 6.57. The monoisotopic (exact) mass is 612 g/mol. The predicted molar refractivity (Wildman–Crippen MR) is 138 cm³/mol. The molecule has 43 heavy (non-hydrogen) atoms. The van der Waals surface area contributed by atoms with E-state index in [1.165, 1.54) is 0 Å². The lowest BCUT2D eigenvalue weighted by Gasteiger charge is -2.38. The zero-order valence-corrected chi connectivity index (χ0v) is 21.3. The van der Waals surface area contributed by atoms with Crippen LogP contribution in [0, 0.1) is 0 Å². The Labute approximate surface area is 248 Å². The van der Waals surface area contributed by atoms with Crippen molar-refractivity contribution in [2.24, 2.45) is 0 Å². The first kappa shape index (κ1) is 23.3. The average Bonchev–Trinajstić information content (AvgIpc) is 3.04. The Morgan fingerprint density at radius 1 is 0.721 bits per heavy atom. The van der Waals surface area contributed by atoms with Gasteiger partial charge in [-0.3, -0.25) is 4.79 Å². The Morgan fingerprint density at radius 2 is 1.23 bits per heavy atom. The number of fused-ring (bicyclic) bond motifs is 1. The van der Waals surface area contributed by atoms with Gasteiger partial charge in [-0.25, -0.2) is 9.59 Å². The summed E-state index contributed by atoms with van der Waals surface area (Å²) in [6.07, 6.45) is -20.0. The molecule has 0 aliphatic carbocycles. The van der Waals surface area contributed by atoms with E-state index in [9.17, 15) is 55.2 Å². The molecule has 5 rings (SSSR count). The number of aliphatic carboxylic acids is 2. The Hall–Kier alpha value is -4.13. The van der Waals surface area contributed by atoms with Gasteiger partial charge in [0.2, 0.25) is 12.6 Å². The quantitative estimate of drug-likeness (QED) is 0.143. The van der Waals surface area contributed by atoms with Crippen molar-refractivity contribution in [2.75, 3.05) is 0 Å². The number of hydrogen-bond acceptors (Lipinski definition) is 14. The van der Waals surface area contributed by atoms with Crippen LogP contribution in [0.3, 0.4) is 0 Å². The number of benzene rings is 2. The Bertz CT molecular complexity index is 1860. The lowest BCUT2D eigenvalue weighted by Crippen LogP contribution is -2.61. The number of carboxylic acids is 2. The van der Waals surface area contributed by atoms with Gasteiger partial charge in [-0.1, -0.05) is 12.1 Å². The first-order valence-corrected chi connectivity index (χ1v) is 12.2. The molecule has 0 bridgehead atoms. The van der Waals surface area contributed by atoms with Crippen LogP contribution in [0.5, 0.6) is 11.5 Å². The second-order valence-electron chi connectivity index (χ2n) is 9.37. The number of aliphatic hydroxyl groups is 6. The number of ether oxygens (including phenoxy) is 4. The molecule has 0 unspecified atom stereocenters. The SMILES string of the molecule is [2H]c1cc2c(=O)c(-c3c([2H])c([2H])c(O[C@@H]4O[C@H](C(=O)O)[C@@H](O)[C@H](O)[C@H]4O)c([2H])c3[2H])coc2c([2H])c1O[C@@H]1O[C@H](C(=O)O)[C@@H](O)[C@H](O)[C@H]1O. The van der Waals surface area contributed by atoms with E-state index < -0.39 is 149 Å². The molecular formula is C27H26O16. The maximum atomic E-state index is 13.6. The lowest BCUT2D eigenvalue weighted by molar-refractivity contribution is -0.271. The molecule has 3 heterocycles. The van der Waals surface area contributed by atoms with Gasteiger partial charge in [-0.2, -0.15) is 0 Å². The van der Waals surface area contributed by atoms with E-state index >= 15 is 0 Å². The summed E-state index contributed by atoms with van der Waals surface area (Å²) >= 11 is 0. The zero-order valence-electron chi connectivity index (χ0n) is 27.3. The van der Waals surface area contributed by atoms with Crippen molar-refractivity contribution in [3.05, 3.63) is 58.8 Å². The topological polar surface area (TPSA) is 263 Å². The summed E-state index contributed by atoms with van der Waals surface area (Å²) in [5, 5.41) is 78.4. The summed E-state index contributed by atoms with van der Waals surface area (Å²) in [7, 11) is 0. The highest BCUT2D eigenvalue weighted by Gasteiger charge is 2.49. The Balaban J connectivity index is 1.52. The molecule has 2 aliphatic heterocycles. The Morgan fingerprint density at radius 3 is 1.74 bits per heavy atom. The normalized spacial score (nSPS) is 34.7. The number of aliphatic hydroxyl groups excluding tert-OH is 6. The third kappa shape index (κ3) is 5.77. The van der Waals surface area contributed by atoms with Crippen molar-refractivity contribution >= 4 is 22.9 Å². The third-order valence-corrected chi connectivity index (χ3v) is 6.57. The van der Waals surface area contributed by atoms with Gasteiger partial charge in [-0.05, 0) is 29.8 Å². The predicted octanol–water partition coefficient (Wildman–Crippen LogP) is -2.00. The minimum Gasteiger partial charge on any atom is -0.479 e. The van der Waals surface area contributed by atoms with Gasteiger partial charge in [0.1, 0.15) is 60.0 Å². The standard InChI is InChI=1S/C27H26O16/c28-15-12-6-5-11(41-27-21(34)17(30)19(32)23(43-27)25(37)38)7-14(12)39-8-13(15)9-1-3-10(4-2-9)40-26-20(33)16(29)18(31)22(42-26)24(35)36/h1-8,16-23,26-27,29-34H,(H,35,36)(H,37,38)/t16-,17-,18-,19-,20+,21+,22-,23-,26+,27+/m0/s1/i1D,2D,3D,4D,5D,7D. The van der Waals surface area contributed by atoms with Crippen molar-refractivity contribution in [3.8, 4) is 22.6 Å². The van der Waals surface area contributed by atoms with Crippen molar-refractivity contribution < 1.29 is 82.0 Å². The number of carbonyl (C=O) groups is 2. The van der Waals surface area contributed by atoms with Gasteiger partial charge < -0.3 is 64.2 Å². The van der Waals surface area contributed by atoms with Crippen LogP contribution in [-0.4, -0.2) is 114 Å². The van der Waals surface area contributed by atoms with Crippen molar-refractivity contribution in [1.29, 1.82) is 0 Å². The summed E-state index contributed by atoms with van der Waals surface area (Å²) in [6.45, 7) is 0. The van der Waals surface area contributed by atoms with Crippen LogP contribution in [0.25, 0.3) is 22.1 Å². The molecule has 16 heteroatoms. The van der Waals surface area contributed by atoms with Gasteiger partial charge in [0.25, 0.3) is 0 Å². The Kier molecular flexibility index (Phi) is 6.44. The molecule has 0 spiro atoms.